The lowest BCUT2D eigenvalue weighted by Crippen LogP contribution is -2.33. The minimum Gasteiger partial charge on any atom is -0.312 e. The van der Waals surface area contributed by atoms with Gasteiger partial charge in [0.2, 0.25) is 0 Å². The number of hydrogen-bond acceptors (Lipinski definition) is 1. The van der Waals surface area contributed by atoms with Gasteiger partial charge >= 0.3 is 0 Å². The van der Waals surface area contributed by atoms with Gasteiger partial charge in [-0.05, 0) is 38.3 Å². The standard InChI is InChI=1S/C15H22FN/c1-11-6-7-13(16)12(10-11)14(17-3)15(2)8-4-5-9-15/h6-7,10,14,17H,4-5,8-9H2,1-3H3. The van der Waals surface area contributed by atoms with E-state index in [9.17, 15) is 4.39 Å². The van der Waals surface area contributed by atoms with E-state index in [0.29, 0.717) is 0 Å². The summed E-state index contributed by atoms with van der Waals surface area (Å²) in [6.07, 6.45) is 4.90. The molecule has 0 bridgehead atoms. The van der Waals surface area contributed by atoms with Crippen LogP contribution in [0.5, 0.6) is 0 Å². The molecule has 2 heteroatoms. The predicted octanol–water partition coefficient (Wildman–Crippen LogP) is 3.97. The molecule has 1 aliphatic carbocycles. The third kappa shape index (κ3) is 2.37. The SMILES string of the molecule is CNC(c1cc(C)ccc1F)C1(C)CCCC1. The Kier molecular flexibility index (Phi) is 3.53. The highest BCUT2D eigenvalue weighted by Gasteiger charge is 2.38. The molecular formula is C15H22FN. The maximum absolute atomic E-state index is 14.0. The van der Waals surface area contributed by atoms with Crippen molar-refractivity contribution in [1.29, 1.82) is 0 Å². The molecule has 1 atom stereocenters. The van der Waals surface area contributed by atoms with E-state index in [0.717, 1.165) is 11.1 Å². The predicted molar refractivity (Wildman–Crippen MR) is 69.5 cm³/mol. The highest BCUT2D eigenvalue weighted by Crippen LogP contribution is 2.47. The number of halogens is 1. The van der Waals surface area contributed by atoms with Crippen LogP contribution in [0.3, 0.4) is 0 Å². The van der Waals surface area contributed by atoms with Crippen LogP contribution >= 0.6 is 0 Å². The molecule has 1 N–H and O–H groups in total. The van der Waals surface area contributed by atoms with Crippen LogP contribution in [-0.4, -0.2) is 7.05 Å². The summed E-state index contributed by atoms with van der Waals surface area (Å²) in [5.41, 5.74) is 2.16. The monoisotopic (exact) mass is 235 g/mol. The van der Waals surface area contributed by atoms with Gasteiger partial charge in [-0.15, -0.1) is 0 Å². The minimum absolute atomic E-state index is 0.0805. The molecule has 1 fully saturated rings. The van der Waals surface area contributed by atoms with Crippen LogP contribution in [0.1, 0.15) is 49.8 Å². The summed E-state index contributed by atoms with van der Waals surface area (Å²) in [4.78, 5) is 0. The van der Waals surface area contributed by atoms with Crippen molar-refractivity contribution in [1.82, 2.24) is 5.32 Å². The third-order valence-electron chi connectivity index (χ3n) is 4.19. The molecule has 1 unspecified atom stereocenters. The quantitative estimate of drug-likeness (QED) is 0.835. The molecular weight excluding hydrogens is 213 g/mol. The second-order valence-electron chi connectivity index (χ2n) is 5.61. The fraction of sp³-hybridized carbons (Fsp3) is 0.600. The van der Waals surface area contributed by atoms with E-state index < -0.39 is 0 Å². The summed E-state index contributed by atoms with van der Waals surface area (Å²) < 4.78 is 14.0. The van der Waals surface area contributed by atoms with Crippen LogP contribution in [0.25, 0.3) is 0 Å². The number of benzene rings is 1. The Bertz CT molecular complexity index is 394. The summed E-state index contributed by atoms with van der Waals surface area (Å²) >= 11 is 0. The van der Waals surface area contributed by atoms with E-state index in [1.165, 1.54) is 25.7 Å². The molecule has 0 saturated heterocycles. The van der Waals surface area contributed by atoms with Crippen molar-refractivity contribution in [2.75, 3.05) is 7.05 Å². The fourth-order valence-electron chi connectivity index (χ4n) is 3.24. The Morgan fingerprint density at radius 1 is 1.29 bits per heavy atom. The van der Waals surface area contributed by atoms with Crippen molar-refractivity contribution in [3.05, 3.63) is 35.1 Å². The first-order chi connectivity index (χ1) is 8.07. The highest BCUT2D eigenvalue weighted by atomic mass is 19.1. The molecule has 0 spiro atoms. The lowest BCUT2D eigenvalue weighted by molar-refractivity contribution is 0.229. The number of aryl methyl sites for hydroxylation is 1. The highest BCUT2D eigenvalue weighted by molar-refractivity contribution is 5.28. The molecule has 1 aromatic carbocycles. The van der Waals surface area contributed by atoms with E-state index >= 15 is 0 Å². The lowest BCUT2D eigenvalue weighted by Gasteiger charge is -2.34. The van der Waals surface area contributed by atoms with E-state index in [4.69, 9.17) is 0 Å². The van der Waals surface area contributed by atoms with Gasteiger partial charge in [0.15, 0.2) is 0 Å². The van der Waals surface area contributed by atoms with E-state index in [-0.39, 0.29) is 17.3 Å². The minimum atomic E-state index is -0.0805. The van der Waals surface area contributed by atoms with E-state index in [1.807, 2.05) is 26.1 Å². The number of rotatable bonds is 3. The smallest absolute Gasteiger partial charge is 0.128 e. The lowest BCUT2D eigenvalue weighted by atomic mass is 9.77. The maximum atomic E-state index is 14.0. The third-order valence-corrected chi connectivity index (χ3v) is 4.19. The summed E-state index contributed by atoms with van der Waals surface area (Å²) in [6.45, 7) is 4.30. The van der Waals surface area contributed by atoms with Crippen molar-refractivity contribution in [3.63, 3.8) is 0 Å². The molecule has 0 aliphatic heterocycles. The van der Waals surface area contributed by atoms with Gasteiger partial charge in [-0.25, -0.2) is 4.39 Å². The van der Waals surface area contributed by atoms with Gasteiger partial charge < -0.3 is 5.32 Å². The largest absolute Gasteiger partial charge is 0.312 e. The maximum Gasteiger partial charge on any atom is 0.128 e. The zero-order valence-electron chi connectivity index (χ0n) is 11.0. The van der Waals surface area contributed by atoms with Crippen molar-refractivity contribution < 1.29 is 4.39 Å². The van der Waals surface area contributed by atoms with Gasteiger partial charge in [0.1, 0.15) is 5.82 Å². The fourth-order valence-corrected chi connectivity index (χ4v) is 3.24. The molecule has 17 heavy (non-hydrogen) atoms. The summed E-state index contributed by atoms with van der Waals surface area (Å²) in [7, 11) is 1.94. The molecule has 1 aliphatic rings. The molecule has 0 radical (unpaired) electrons. The van der Waals surface area contributed by atoms with Gasteiger partial charge in [0.05, 0.1) is 0 Å². The van der Waals surface area contributed by atoms with Crippen molar-refractivity contribution in [3.8, 4) is 0 Å². The van der Waals surface area contributed by atoms with Crippen LogP contribution in [0.15, 0.2) is 18.2 Å². The average Bonchev–Trinajstić information content (AvgIpc) is 2.72. The summed E-state index contributed by atoms with van der Waals surface area (Å²) in [5.74, 6) is -0.0805. The van der Waals surface area contributed by atoms with Crippen LogP contribution in [0.2, 0.25) is 0 Å². The second-order valence-corrected chi connectivity index (χ2v) is 5.61. The molecule has 1 saturated carbocycles. The Hall–Kier alpha value is -0.890. The summed E-state index contributed by atoms with van der Waals surface area (Å²) in [5, 5.41) is 3.33. The Morgan fingerprint density at radius 2 is 1.94 bits per heavy atom. The van der Waals surface area contributed by atoms with Gasteiger partial charge in [-0.1, -0.05) is 37.5 Å². The molecule has 0 heterocycles. The van der Waals surface area contributed by atoms with Crippen LogP contribution in [0.4, 0.5) is 4.39 Å². The van der Waals surface area contributed by atoms with Gasteiger partial charge in [0.25, 0.3) is 0 Å². The average molecular weight is 235 g/mol. The van der Waals surface area contributed by atoms with Crippen LogP contribution in [0, 0.1) is 18.2 Å². The van der Waals surface area contributed by atoms with E-state index in [1.54, 1.807) is 6.07 Å². The van der Waals surface area contributed by atoms with Crippen molar-refractivity contribution in [2.24, 2.45) is 5.41 Å². The van der Waals surface area contributed by atoms with Crippen molar-refractivity contribution >= 4 is 0 Å². The van der Waals surface area contributed by atoms with Gasteiger partial charge in [-0.2, -0.15) is 0 Å². The van der Waals surface area contributed by atoms with Crippen molar-refractivity contribution in [2.45, 2.75) is 45.6 Å². The normalized spacial score (nSPS) is 20.5. The second kappa shape index (κ2) is 4.77. The molecule has 0 amide bonds. The first-order valence-electron chi connectivity index (χ1n) is 6.50. The molecule has 1 nitrogen and oxygen atoms in total. The van der Waals surface area contributed by atoms with E-state index in [2.05, 4.69) is 12.2 Å². The Balaban J connectivity index is 2.37. The summed E-state index contributed by atoms with van der Waals surface area (Å²) in [6, 6.07) is 5.54. The molecule has 2 rings (SSSR count). The zero-order valence-corrected chi connectivity index (χ0v) is 11.0. The molecule has 0 aromatic heterocycles. The van der Waals surface area contributed by atoms with Crippen LogP contribution in [-0.2, 0) is 0 Å². The molecule has 94 valence electrons. The Labute approximate surface area is 103 Å². The Morgan fingerprint density at radius 3 is 2.53 bits per heavy atom. The zero-order chi connectivity index (χ0) is 12.5. The van der Waals surface area contributed by atoms with Crippen LogP contribution < -0.4 is 5.32 Å². The van der Waals surface area contributed by atoms with Gasteiger partial charge in [-0.3, -0.25) is 0 Å². The molecule has 1 aromatic rings. The van der Waals surface area contributed by atoms with Gasteiger partial charge in [0, 0.05) is 11.6 Å². The number of nitrogens with one attached hydrogen (secondary N) is 1. The first-order valence-corrected chi connectivity index (χ1v) is 6.50. The first kappa shape index (κ1) is 12.6. The number of hydrogen-bond donors (Lipinski definition) is 1. The topological polar surface area (TPSA) is 12.0 Å².